The third kappa shape index (κ3) is 3.59. The molecule has 0 radical (unpaired) electrons. The molecule has 0 fully saturated rings. The standard InChI is InChI=1S/C12H14FNO3.C2H6/c1-6(2)7(3)16-12(15)9-4-10-8(14-9)5-11(13)17-10;1-2/h4-7,14H,1-3H3;1-2H3. The highest BCUT2D eigenvalue weighted by Crippen LogP contribution is 2.20. The Kier molecular flexibility index (Phi) is 5.15. The monoisotopic (exact) mass is 269 g/mol. The maximum atomic E-state index is 12.7. The summed E-state index contributed by atoms with van der Waals surface area (Å²) in [5.41, 5.74) is 1.03. The van der Waals surface area contributed by atoms with Crippen molar-refractivity contribution in [3.8, 4) is 0 Å². The molecule has 0 aliphatic carbocycles. The minimum Gasteiger partial charge on any atom is -0.458 e. The lowest BCUT2D eigenvalue weighted by Gasteiger charge is -2.15. The lowest BCUT2D eigenvalue weighted by molar-refractivity contribution is 0.0232. The molecule has 1 unspecified atom stereocenters. The fraction of sp³-hybridized carbons (Fsp3) is 0.500. The predicted octanol–water partition coefficient (Wildman–Crippen LogP) is 4.13. The zero-order valence-electron chi connectivity index (χ0n) is 11.9. The molecule has 4 nitrogen and oxygen atoms in total. The van der Waals surface area contributed by atoms with Gasteiger partial charge in [-0.3, -0.25) is 0 Å². The Bertz CT molecular complexity index is 510. The molecule has 2 aromatic heterocycles. The first kappa shape index (κ1) is 15.3. The van der Waals surface area contributed by atoms with E-state index in [9.17, 15) is 9.18 Å². The van der Waals surface area contributed by atoms with Crippen molar-refractivity contribution in [2.45, 2.75) is 40.7 Å². The smallest absolute Gasteiger partial charge is 0.355 e. The summed E-state index contributed by atoms with van der Waals surface area (Å²) >= 11 is 0. The van der Waals surface area contributed by atoms with Gasteiger partial charge in [0.25, 0.3) is 6.01 Å². The molecule has 1 N–H and O–H groups in total. The summed E-state index contributed by atoms with van der Waals surface area (Å²) < 4.78 is 22.7. The van der Waals surface area contributed by atoms with Crippen LogP contribution in [-0.2, 0) is 4.74 Å². The number of nitrogens with one attached hydrogen (secondary N) is 1. The summed E-state index contributed by atoms with van der Waals surface area (Å²) in [5, 5.41) is 0. The third-order valence-electron chi connectivity index (χ3n) is 2.73. The van der Waals surface area contributed by atoms with E-state index in [1.807, 2.05) is 34.6 Å². The van der Waals surface area contributed by atoms with Gasteiger partial charge in [0, 0.05) is 12.1 Å². The molecule has 0 bridgehead atoms. The number of H-pyrrole nitrogens is 1. The largest absolute Gasteiger partial charge is 0.458 e. The van der Waals surface area contributed by atoms with Crippen LogP contribution in [0, 0.1) is 11.9 Å². The van der Waals surface area contributed by atoms with Crippen LogP contribution in [0.15, 0.2) is 16.5 Å². The van der Waals surface area contributed by atoms with Gasteiger partial charge in [0.05, 0.1) is 5.52 Å². The lowest BCUT2D eigenvalue weighted by atomic mass is 10.1. The van der Waals surface area contributed by atoms with E-state index < -0.39 is 12.0 Å². The molecule has 2 rings (SSSR count). The first-order chi connectivity index (χ1) is 8.97. The van der Waals surface area contributed by atoms with Crippen molar-refractivity contribution in [1.29, 1.82) is 0 Å². The van der Waals surface area contributed by atoms with E-state index in [1.54, 1.807) is 0 Å². The van der Waals surface area contributed by atoms with Crippen molar-refractivity contribution in [2.24, 2.45) is 5.92 Å². The van der Waals surface area contributed by atoms with Gasteiger partial charge < -0.3 is 14.1 Å². The summed E-state index contributed by atoms with van der Waals surface area (Å²) in [6, 6.07) is 1.95. The average Bonchev–Trinajstić information content (AvgIpc) is 2.88. The second kappa shape index (κ2) is 6.41. The van der Waals surface area contributed by atoms with Crippen LogP contribution in [0.1, 0.15) is 45.1 Å². The second-order valence-corrected chi connectivity index (χ2v) is 4.37. The van der Waals surface area contributed by atoms with Gasteiger partial charge in [-0.25, -0.2) is 4.79 Å². The summed E-state index contributed by atoms with van der Waals surface area (Å²) in [7, 11) is 0. The van der Waals surface area contributed by atoms with Crippen LogP contribution in [-0.4, -0.2) is 17.1 Å². The number of furan rings is 1. The Balaban J connectivity index is 0.000000861. The Morgan fingerprint density at radius 3 is 2.47 bits per heavy atom. The van der Waals surface area contributed by atoms with Crippen molar-refractivity contribution >= 4 is 17.1 Å². The summed E-state index contributed by atoms with van der Waals surface area (Å²) in [6.07, 6.45) is -0.172. The Hall–Kier alpha value is -1.78. The topological polar surface area (TPSA) is 55.2 Å². The van der Waals surface area contributed by atoms with Crippen molar-refractivity contribution in [1.82, 2.24) is 4.98 Å². The van der Waals surface area contributed by atoms with E-state index in [-0.39, 0.29) is 17.7 Å². The number of esters is 1. The van der Waals surface area contributed by atoms with Gasteiger partial charge in [-0.05, 0) is 12.8 Å². The fourth-order valence-corrected chi connectivity index (χ4v) is 1.37. The first-order valence-electron chi connectivity index (χ1n) is 6.46. The van der Waals surface area contributed by atoms with Crippen LogP contribution in [0.25, 0.3) is 11.1 Å². The van der Waals surface area contributed by atoms with Gasteiger partial charge in [0.2, 0.25) is 0 Å². The summed E-state index contributed by atoms with van der Waals surface area (Å²) in [5.74, 6) is -0.215. The highest BCUT2D eigenvalue weighted by molar-refractivity contribution is 5.93. The minimum absolute atomic E-state index is 0.172. The van der Waals surface area contributed by atoms with Crippen LogP contribution in [0.3, 0.4) is 0 Å². The summed E-state index contributed by atoms with van der Waals surface area (Å²) in [6.45, 7) is 9.76. The number of aromatic nitrogens is 1. The normalized spacial score (nSPS) is 12.2. The molecule has 1 atom stereocenters. The van der Waals surface area contributed by atoms with Crippen molar-refractivity contribution in [2.75, 3.05) is 0 Å². The van der Waals surface area contributed by atoms with Gasteiger partial charge in [-0.1, -0.05) is 27.7 Å². The quantitative estimate of drug-likeness (QED) is 0.852. The lowest BCUT2D eigenvalue weighted by Crippen LogP contribution is -2.20. The molecule has 0 spiro atoms. The van der Waals surface area contributed by atoms with Crippen LogP contribution >= 0.6 is 0 Å². The van der Waals surface area contributed by atoms with E-state index >= 15 is 0 Å². The highest BCUT2D eigenvalue weighted by atomic mass is 19.1. The maximum absolute atomic E-state index is 12.7. The van der Waals surface area contributed by atoms with Gasteiger partial charge in [-0.2, -0.15) is 4.39 Å². The molecule has 2 heterocycles. The first-order valence-corrected chi connectivity index (χ1v) is 6.46. The van der Waals surface area contributed by atoms with Crippen molar-refractivity contribution in [3.63, 3.8) is 0 Å². The van der Waals surface area contributed by atoms with E-state index in [4.69, 9.17) is 9.15 Å². The SMILES string of the molecule is CC.CC(C)C(C)OC(=O)c1cc2oc(F)cc2[nH]1. The Morgan fingerprint density at radius 2 is 1.95 bits per heavy atom. The van der Waals surface area contributed by atoms with E-state index in [1.165, 1.54) is 12.1 Å². The number of halogens is 1. The Morgan fingerprint density at radius 1 is 1.32 bits per heavy atom. The minimum atomic E-state index is -0.679. The number of ether oxygens (including phenoxy) is 1. The molecule has 106 valence electrons. The molecule has 0 aliphatic rings. The average molecular weight is 269 g/mol. The molecule has 0 aliphatic heterocycles. The van der Waals surface area contributed by atoms with Crippen LogP contribution in [0.4, 0.5) is 4.39 Å². The third-order valence-corrected chi connectivity index (χ3v) is 2.73. The molecule has 2 aromatic rings. The second-order valence-electron chi connectivity index (χ2n) is 4.37. The number of aromatic amines is 1. The number of hydrogen-bond acceptors (Lipinski definition) is 3. The molecule has 0 amide bonds. The number of hydrogen-bond donors (Lipinski definition) is 1. The van der Waals surface area contributed by atoms with Crippen LogP contribution in [0.5, 0.6) is 0 Å². The van der Waals surface area contributed by atoms with Crippen LogP contribution < -0.4 is 0 Å². The Labute approximate surface area is 111 Å². The van der Waals surface area contributed by atoms with Gasteiger partial charge in [-0.15, -0.1) is 0 Å². The molecule has 0 saturated carbocycles. The maximum Gasteiger partial charge on any atom is 0.355 e. The van der Waals surface area contributed by atoms with Crippen LogP contribution in [0.2, 0.25) is 0 Å². The predicted molar refractivity (Wildman–Crippen MR) is 71.6 cm³/mol. The molecular weight excluding hydrogens is 249 g/mol. The zero-order chi connectivity index (χ0) is 14.6. The molecule has 5 heteroatoms. The zero-order valence-corrected chi connectivity index (χ0v) is 11.9. The number of carbonyl (C=O) groups excluding carboxylic acids is 1. The number of rotatable bonds is 3. The molecule has 0 aromatic carbocycles. The van der Waals surface area contributed by atoms with Gasteiger partial charge >= 0.3 is 5.97 Å². The van der Waals surface area contributed by atoms with E-state index in [0.717, 1.165) is 0 Å². The number of carbonyl (C=O) groups is 1. The molecule has 19 heavy (non-hydrogen) atoms. The van der Waals surface area contributed by atoms with E-state index in [2.05, 4.69) is 4.98 Å². The fourth-order valence-electron chi connectivity index (χ4n) is 1.37. The molecular formula is C14H20FNO3. The van der Waals surface area contributed by atoms with E-state index in [0.29, 0.717) is 11.1 Å². The number of fused-ring (bicyclic) bond motifs is 1. The molecule has 0 saturated heterocycles. The highest BCUT2D eigenvalue weighted by Gasteiger charge is 2.18. The van der Waals surface area contributed by atoms with Gasteiger partial charge in [0.15, 0.2) is 5.58 Å². The van der Waals surface area contributed by atoms with Gasteiger partial charge in [0.1, 0.15) is 11.8 Å². The van der Waals surface area contributed by atoms with Crippen molar-refractivity contribution < 1.29 is 18.3 Å². The summed E-state index contributed by atoms with van der Waals surface area (Å²) in [4.78, 5) is 14.5. The van der Waals surface area contributed by atoms with Crippen molar-refractivity contribution in [3.05, 3.63) is 23.8 Å².